The van der Waals surface area contributed by atoms with Crippen LogP contribution in [0.5, 0.6) is 0 Å². The second-order valence-corrected chi connectivity index (χ2v) is 6.34. The summed E-state index contributed by atoms with van der Waals surface area (Å²) in [6.45, 7) is -0.152. The van der Waals surface area contributed by atoms with Gasteiger partial charge in [-0.3, -0.25) is 4.79 Å². The number of carbonyl (C=O) groups is 1. The van der Waals surface area contributed by atoms with E-state index in [-0.39, 0.29) is 24.9 Å². The molecule has 0 unspecified atom stereocenters. The number of aryl methyl sites for hydroxylation is 1. The Bertz CT molecular complexity index is 421. The Morgan fingerprint density at radius 1 is 1.42 bits per heavy atom. The molecule has 1 saturated carbocycles. The first-order valence-corrected chi connectivity index (χ1v) is 7.44. The van der Waals surface area contributed by atoms with Crippen LogP contribution in [-0.2, 0) is 6.42 Å². The minimum atomic E-state index is -1.01. The fourth-order valence-corrected chi connectivity index (χ4v) is 3.76. The summed E-state index contributed by atoms with van der Waals surface area (Å²) in [5, 5.41) is 18.9. The molecule has 1 aromatic heterocycles. The van der Waals surface area contributed by atoms with Gasteiger partial charge in [-0.15, -0.1) is 11.3 Å². The van der Waals surface area contributed by atoms with Gasteiger partial charge in [0, 0.05) is 23.8 Å². The molecule has 0 amide bonds. The van der Waals surface area contributed by atoms with Crippen LogP contribution in [0, 0.1) is 11.8 Å². The van der Waals surface area contributed by atoms with E-state index in [1.165, 1.54) is 11.3 Å². The molecule has 1 fully saturated rings. The van der Waals surface area contributed by atoms with Gasteiger partial charge in [0.1, 0.15) is 6.17 Å². The van der Waals surface area contributed by atoms with Crippen LogP contribution in [0.3, 0.4) is 0 Å². The fourth-order valence-electron chi connectivity index (χ4n) is 2.89. The van der Waals surface area contributed by atoms with Crippen LogP contribution in [0.15, 0.2) is 12.1 Å². The Kier molecular flexibility index (Phi) is 5.07. The summed E-state index contributed by atoms with van der Waals surface area (Å²) in [5.41, 5.74) is 0. The van der Waals surface area contributed by atoms with Gasteiger partial charge in [0.2, 0.25) is 0 Å². The summed E-state index contributed by atoms with van der Waals surface area (Å²) in [4.78, 5) is 12.4. The van der Waals surface area contributed by atoms with Crippen molar-refractivity contribution in [3.8, 4) is 0 Å². The van der Waals surface area contributed by atoms with E-state index in [4.69, 9.17) is 0 Å². The third-order valence-electron chi connectivity index (χ3n) is 3.95. The van der Waals surface area contributed by atoms with E-state index in [1.54, 1.807) is 6.07 Å². The zero-order valence-electron chi connectivity index (χ0n) is 10.7. The number of rotatable bonds is 6. The third-order valence-corrected chi connectivity index (χ3v) is 5.02. The molecule has 2 N–H and O–H groups in total. The van der Waals surface area contributed by atoms with Crippen molar-refractivity contribution in [1.29, 1.82) is 0 Å². The van der Waals surface area contributed by atoms with Gasteiger partial charge in [0.05, 0.1) is 11.0 Å². The van der Waals surface area contributed by atoms with E-state index >= 15 is 0 Å². The maximum absolute atomic E-state index is 13.7. The van der Waals surface area contributed by atoms with Crippen molar-refractivity contribution in [2.24, 2.45) is 11.8 Å². The Labute approximate surface area is 116 Å². The van der Waals surface area contributed by atoms with E-state index in [0.29, 0.717) is 11.3 Å². The lowest BCUT2D eigenvalue weighted by Gasteiger charge is -2.20. The average Bonchev–Trinajstić information content (AvgIpc) is 2.95. The fraction of sp³-hybridized carbons (Fsp3) is 0.643. The van der Waals surface area contributed by atoms with Gasteiger partial charge < -0.3 is 10.2 Å². The lowest BCUT2D eigenvalue weighted by Crippen LogP contribution is -2.24. The minimum absolute atomic E-state index is 0.143. The standard InChI is InChI=1S/C14H19FO3S/c15-13-6-14(18)12(8-17)11(13)3-1-2-9-4-5-10(7-16)19-9/h4-5,7,11-14,17-18H,1-3,6,8H2/t11-,12-,13-,14-/m1/s1. The zero-order valence-corrected chi connectivity index (χ0v) is 11.5. The van der Waals surface area contributed by atoms with Crippen LogP contribution in [0.25, 0.3) is 0 Å². The predicted molar refractivity (Wildman–Crippen MR) is 72.2 cm³/mol. The molecule has 1 heterocycles. The molecule has 1 aliphatic rings. The summed E-state index contributed by atoms with van der Waals surface area (Å²) < 4.78 is 13.7. The summed E-state index contributed by atoms with van der Waals surface area (Å²) in [6.07, 6.45) is 1.54. The molecular weight excluding hydrogens is 267 g/mol. The first-order valence-electron chi connectivity index (χ1n) is 6.62. The first-order chi connectivity index (χ1) is 9.15. The molecule has 0 saturated heterocycles. The van der Waals surface area contributed by atoms with Crippen LogP contribution >= 0.6 is 11.3 Å². The average molecular weight is 286 g/mol. The maximum Gasteiger partial charge on any atom is 0.160 e. The van der Waals surface area contributed by atoms with Gasteiger partial charge in [-0.2, -0.15) is 0 Å². The number of carbonyl (C=O) groups excluding carboxylic acids is 1. The molecule has 1 aliphatic carbocycles. The molecule has 19 heavy (non-hydrogen) atoms. The third kappa shape index (κ3) is 3.41. The highest BCUT2D eigenvalue weighted by Gasteiger charge is 2.41. The van der Waals surface area contributed by atoms with Crippen LogP contribution in [0.2, 0.25) is 0 Å². The molecule has 4 atom stereocenters. The van der Waals surface area contributed by atoms with Crippen molar-refractivity contribution in [1.82, 2.24) is 0 Å². The van der Waals surface area contributed by atoms with Gasteiger partial charge in [0.25, 0.3) is 0 Å². The van der Waals surface area contributed by atoms with Crippen molar-refractivity contribution in [2.75, 3.05) is 6.61 Å². The highest BCUT2D eigenvalue weighted by atomic mass is 32.1. The monoisotopic (exact) mass is 286 g/mol. The molecule has 5 heteroatoms. The SMILES string of the molecule is O=Cc1ccc(CCC[C@@H]2[C@@H](CO)[C@H](O)C[C@H]2F)s1. The Balaban J connectivity index is 1.83. The largest absolute Gasteiger partial charge is 0.396 e. The van der Waals surface area contributed by atoms with Crippen molar-refractivity contribution in [3.05, 3.63) is 21.9 Å². The summed E-state index contributed by atoms with van der Waals surface area (Å²) in [7, 11) is 0. The van der Waals surface area contributed by atoms with Crippen molar-refractivity contribution in [2.45, 2.75) is 38.0 Å². The summed E-state index contributed by atoms with van der Waals surface area (Å²) in [6, 6.07) is 3.72. The number of halogens is 1. The summed E-state index contributed by atoms with van der Waals surface area (Å²) >= 11 is 1.46. The second-order valence-electron chi connectivity index (χ2n) is 5.14. The number of alkyl halides is 1. The van der Waals surface area contributed by atoms with Gasteiger partial charge >= 0.3 is 0 Å². The molecule has 0 bridgehead atoms. The van der Waals surface area contributed by atoms with Crippen molar-refractivity contribution >= 4 is 17.6 Å². The highest BCUT2D eigenvalue weighted by molar-refractivity contribution is 7.13. The summed E-state index contributed by atoms with van der Waals surface area (Å²) in [5.74, 6) is -0.575. The lowest BCUT2D eigenvalue weighted by atomic mass is 9.90. The number of hydrogen-bond donors (Lipinski definition) is 2. The molecule has 0 aromatic carbocycles. The minimum Gasteiger partial charge on any atom is -0.396 e. The lowest BCUT2D eigenvalue weighted by molar-refractivity contribution is 0.0683. The quantitative estimate of drug-likeness (QED) is 0.788. The molecule has 0 aliphatic heterocycles. The normalized spacial score (nSPS) is 30.7. The van der Waals surface area contributed by atoms with E-state index in [9.17, 15) is 19.4 Å². The molecule has 106 valence electrons. The van der Waals surface area contributed by atoms with Gasteiger partial charge in [-0.05, 0) is 37.3 Å². The Morgan fingerprint density at radius 3 is 2.84 bits per heavy atom. The number of aliphatic hydroxyl groups is 2. The Morgan fingerprint density at radius 2 is 2.21 bits per heavy atom. The number of aliphatic hydroxyl groups excluding tert-OH is 2. The molecule has 2 rings (SSSR count). The van der Waals surface area contributed by atoms with Crippen molar-refractivity contribution < 1.29 is 19.4 Å². The van der Waals surface area contributed by atoms with E-state index in [0.717, 1.165) is 24.0 Å². The maximum atomic E-state index is 13.7. The molecule has 3 nitrogen and oxygen atoms in total. The Hall–Kier alpha value is -0.780. The van der Waals surface area contributed by atoms with Crippen LogP contribution < -0.4 is 0 Å². The number of hydrogen-bond acceptors (Lipinski definition) is 4. The first kappa shape index (κ1) is 14.6. The van der Waals surface area contributed by atoms with Gasteiger partial charge in [-0.25, -0.2) is 4.39 Å². The van der Waals surface area contributed by atoms with E-state index in [1.807, 2.05) is 6.07 Å². The van der Waals surface area contributed by atoms with Crippen LogP contribution in [0.4, 0.5) is 4.39 Å². The van der Waals surface area contributed by atoms with Gasteiger partial charge in [0.15, 0.2) is 6.29 Å². The number of aldehydes is 1. The van der Waals surface area contributed by atoms with Crippen molar-refractivity contribution in [3.63, 3.8) is 0 Å². The molecule has 1 aromatic rings. The smallest absolute Gasteiger partial charge is 0.160 e. The van der Waals surface area contributed by atoms with Gasteiger partial charge in [-0.1, -0.05) is 0 Å². The highest BCUT2D eigenvalue weighted by Crippen LogP contribution is 2.37. The topological polar surface area (TPSA) is 57.5 Å². The molecular formula is C14H19FO3S. The van der Waals surface area contributed by atoms with Crippen LogP contribution in [0.1, 0.15) is 33.8 Å². The predicted octanol–water partition coefficient (Wildman–Crippen LogP) is 2.21. The van der Waals surface area contributed by atoms with Crippen LogP contribution in [-0.4, -0.2) is 35.4 Å². The molecule has 0 spiro atoms. The number of thiophene rings is 1. The zero-order chi connectivity index (χ0) is 13.8. The molecule has 0 radical (unpaired) electrons. The second kappa shape index (κ2) is 6.59. The van der Waals surface area contributed by atoms with E-state index < -0.39 is 12.3 Å². The van der Waals surface area contributed by atoms with E-state index in [2.05, 4.69) is 0 Å².